The molecule has 1 aliphatic heterocycles. The van der Waals surface area contributed by atoms with Crippen molar-refractivity contribution in [2.24, 2.45) is 4.99 Å². The maximum absolute atomic E-state index is 11.5. The molecule has 7 heteroatoms. The largest absolute Gasteiger partial charge is 0.357 e. The summed E-state index contributed by atoms with van der Waals surface area (Å²) in [6, 6.07) is 10.6. The highest BCUT2D eigenvalue weighted by Gasteiger charge is 2.27. The van der Waals surface area contributed by atoms with Gasteiger partial charge in [0, 0.05) is 31.1 Å². The molecule has 0 spiro atoms. The van der Waals surface area contributed by atoms with Crippen molar-refractivity contribution in [2.45, 2.75) is 38.6 Å². The van der Waals surface area contributed by atoms with Crippen LogP contribution in [0.5, 0.6) is 0 Å². The summed E-state index contributed by atoms with van der Waals surface area (Å²) in [5, 5.41) is 3.33. The lowest BCUT2D eigenvalue weighted by atomic mass is 9.99. The van der Waals surface area contributed by atoms with E-state index in [1.165, 1.54) is 11.8 Å². The highest BCUT2D eigenvalue weighted by Crippen LogP contribution is 2.26. The fourth-order valence-corrected chi connectivity index (χ4v) is 4.25. The summed E-state index contributed by atoms with van der Waals surface area (Å²) in [6.45, 7) is 8.77. The highest BCUT2D eigenvalue weighted by atomic mass is 32.2. The van der Waals surface area contributed by atoms with E-state index in [0.29, 0.717) is 12.5 Å². The third-order valence-electron chi connectivity index (χ3n) is 4.18. The number of rotatable bonds is 6. The molecule has 6 nitrogen and oxygen atoms in total. The van der Waals surface area contributed by atoms with Gasteiger partial charge in [-0.25, -0.2) is 13.1 Å². The highest BCUT2D eigenvalue weighted by molar-refractivity contribution is 7.88. The number of likely N-dealkylation sites (tertiary alicyclic amines) is 1. The Morgan fingerprint density at radius 2 is 2.00 bits per heavy atom. The summed E-state index contributed by atoms with van der Waals surface area (Å²) in [4.78, 5) is 6.95. The Hall–Kier alpha value is -1.60. The van der Waals surface area contributed by atoms with Gasteiger partial charge in [0.05, 0.1) is 12.8 Å². The van der Waals surface area contributed by atoms with Gasteiger partial charge in [0.15, 0.2) is 5.96 Å². The SMILES string of the molecule is CCNC(=NCC(C)(C)NS(C)(=O)=O)N1CCC(c2ccccc2)C1. The van der Waals surface area contributed by atoms with Crippen LogP contribution in [0.3, 0.4) is 0 Å². The minimum Gasteiger partial charge on any atom is -0.357 e. The number of sulfonamides is 1. The first kappa shape index (κ1) is 19.7. The maximum atomic E-state index is 11.5. The molecule has 140 valence electrons. The van der Waals surface area contributed by atoms with Gasteiger partial charge >= 0.3 is 0 Å². The van der Waals surface area contributed by atoms with Gasteiger partial charge in [-0.15, -0.1) is 0 Å². The lowest BCUT2D eigenvalue weighted by molar-refractivity contribution is 0.449. The van der Waals surface area contributed by atoms with Gasteiger partial charge in [-0.2, -0.15) is 0 Å². The average molecular weight is 367 g/mol. The molecule has 1 aromatic carbocycles. The normalized spacial score (nSPS) is 19.3. The van der Waals surface area contributed by atoms with Crippen molar-refractivity contribution in [1.82, 2.24) is 14.9 Å². The number of benzene rings is 1. The molecule has 1 heterocycles. The molecule has 1 unspecified atom stereocenters. The average Bonchev–Trinajstić information content (AvgIpc) is 3.00. The van der Waals surface area contributed by atoms with Crippen molar-refractivity contribution < 1.29 is 8.42 Å². The molecule has 1 fully saturated rings. The Balaban J connectivity index is 2.05. The van der Waals surface area contributed by atoms with E-state index in [4.69, 9.17) is 0 Å². The van der Waals surface area contributed by atoms with Crippen LogP contribution in [0.25, 0.3) is 0 Å². The van der Waals surface area contributed by atoms with Crippen LogP contribution in [0.15, 0.2) is 35.3 Å². The van der Waals surface area contributed by atoms with E-state index in [1.54, 1.807) is 0 Å². The number of nitrogens with zero attached hydrogens (tertiary/aromatic N) is 2. The van der Waals surface area contributed by atoms with Crippen molar-refractivity contribution in [1.29, 1.82) is 0 Å². The molecular formula is C18H30N4O2S. The summed E-state index contributed by atoms with van der Waals surface area (Å²) in [5.41, 5.74) is 0.743. The third kappa shape index (κ3) is 6.32. The first-order valence-electron chi connectivity index (χ1n) is 8.77. The van der Waals surface area contributed by atoms with E-state index in [9.17, 15) is 8.42 Å². The molecule has 0 radical (unpaired) electrons. The molecule has 2 N–H and O–H groups in total. The third-order valence-corrected chi connectivity index (χ3v) is 5.10. The first-order valence-corrected chi connectivity index (χ1v) is 10.7. The van der Waals surface area contributed by atoms with E-state index in [0.717, 1.165) is 32.0 Å². The smallest absolute Gasteiger partial charge is 0.209 e. The Labute approximate surface area is 151 Å². The fraction of sp³-hybridized carbons (Fsp3) is 0.611. The van der Waals surface area contributed by atoms with Gasteiger partial charge in [-0.1, -0.05) is 30.3 Å². The Bertz CT molecular complexity index is 686. The molecule has 0 bridgehead atoms. The van der Waals surface area contributed by atoms with Gasteiger partial charge in [-0.05, 0) is 32.8 Å². The molecule has 0 aromatic heterocycles. The van der Waals surface area contributed by atoms with Crippen LogP contribution in [0.1, 0.15) is 38.7 Å². The molecule has 1 aromatic rings. The topological polar surface area (TPSA) is 73.8 Å². The molecule has 0 aliphatic carbocycles. The van der Waals surface area contributed by atoms with E-state index < -0.39 is 15.6 Å². The zero-order chi connectivity index (χ0) is 18.5. The van der Waals surface area contributed by atoms with Crippen LogP contribution in [-0.2, 0) is 10.0 Å². The maximum Gasteiger partial charge on any atom is 0.209 e. The minimum atomic E-state index is -3.26. The van der Waals surface area contributed by atoms with Gasteiger partial charge in [0.25, 0.3) is 0 Å². The monoisotopic (exact) mass is 366 g/mol. The summed E-state index contributed by atoms with van der Waals surface area (Å²) in [5.74, 6) is 1.36. The van der Waals surface area contributed by atoms with Gasteiger partial charge in [-0.3, -0.25) is 4.99 Å². The number of guanidine groups is 1. The van der Waals surface area contributed by atoms with Gasteiger partial charge in [0.1, 0.15) is 0 Å². The lowest BCUT2D eigenvalue weighted by Gasteiger charge is -2.26. The van der Waals surface area contributed by atoms with Crippen LogP contribution in [0.4, 0.5) is 0 Å². The second kappa shape index (κ2) is 8.19. The second-order valence-corrected chi connectivity index (χ2v) is 9.02. The molecule has 0 saturated carbocycles. The molecule has 1 atom stereocenters. The summed E-state index contributed by atoms with van der Waals surface area (Å²) >= 11 is 0. The molecule has 2 rings (SSSR count). The summed E-state index contributed by atoms with van der Waals surface area (Å²) in [6.07, 6.45) is 2.27. The van der Waals surface area contributed by atoms with Crippen LogP contribution in [0.2, 0.25) is 0 Å². The predicted octanol–water partition coefficient (Wildman–Crippen LogP) is 1.77. The number of hydrogen-bond donors (Lipinski definition) is 2. The summed E-state index contributed by atoms with van der Waals surface area (Å²) < 4.78 is 25.6. The molecule has 1 saturated heterocycles. The molecule has 25 heavy (non-hydrogen) atoms. The number of hydrogen-bond acceptors (Lipinski definition) is 3. The van der Waals surface area contributed by atoms with Crippen molar-refractivity contribution in [2.75, 3.05) is 32.4 Å². The van der Waals surface area contributed by atoms with E-state index in [-0.39, 0.29) is 0 Å². The van der Waals surface area contributed by atoms with E-state index >= 15 is 0 Å². The lowest BCUT2D eigenvalue weighted by Crippen LogP contribution is -2.47. The number of aliphatic imine (C=N–C) groups is 1. The van der Waals surface area contributed by atoms with Crippen LogP contribution < -0.4 is 10.0 Å². The second-order valence-electron chi connectivity index (χ2n) is 7.27. The van der Waals surface area contributed by atoms with Crippen LogP contribution in [0, 0.1) is 0 Å². The van der Waals surface area contributed by atoms with Crippen molar-refractivity contribution >= 4 is 16.0 Å². The quantitative estimate of drug-likeness (QED) is 0.594. The Morgan fingerprint density at radius 3 is 2.60 bits per heavy atom. The zero-order valence-electron chi connectivity index (χ0n) is 15.6. The van der Waals surface area contributed by atoms with Crippen molar-refractivity contribution in [3.63, 3.8) is 0 Å². The van der Waals surface area contributed by atoms with E-state index in [2.05, 4.69) is 44.2 Å². The van der Waals surface area contributed by atoms with E-state index in [1.807, 2.05) is 26.8 Å². The van der Waals surface area contributed by atoms with Crippen LogP contribution in [-0.4, -0.2) is 57.3 Å². The number of nitrogens with one attached hydrogen (secondary N) is 2. The Morgan fingerprint density at radius 1 is 1.32 bits per heavy atom. The molecule has 1 aliphatic rings. The van der Waals surface area contributed by atoms with Gasteiger partial charge < -0.3 is 10.2 Å². The summed E-state index contributed by atoms with van der Waals surface area (Å²) in [7, 11) is -3.26. The van der Waals surface area contributed by atoms with Crippen LogP contribution >= 0.6 is 0 Å². The predicted molar refractivity (Wildman–Crippen MR) is 103 cm³/mol. The minimum absolute atomic E-state index is 0.384. The standard InChI is InChI=1S/C18H30N4O2S/c1-5-19-17(20-14-18(2,3)21-25(4,23)24)22-12-11-16(13-22)15-9-7-6-8-10-15/h6-10,16,21H,5,11-14H2,1-4H3,(H,19,20). The Kier molecular flexibility index (Phi) is 6.46. The van der Waals surface area contributed by atoms with Crippen molar-refractivity contribution in [3.8, 4) is 0 Å². The van der Waals surface area contributed by atoms with Gasteiger partial charge in [0.2, 0.25) is 10.0 Å². The molecular weight excluding hydrogens is 336 g/mol. The molecule has 0 amide bonds. The van der Waals surface area contributed by atoms with Crippen molar-refractivity contribution in [3.05, 3.63) is 35.9 Å². The first-order chi connectivity index (χ1) is 11.7. The zero-order valence-corrected chi connectivity index (χ0v) is 16.4. The fourth-order valence-electron chi connectivity index (χ4n) is 3.18.